The molecule has 2 rings (SSSR count). The Hall–Kier alpha value is -1.55. The molecule has 0 aromatic heterocycles. The lowest BCUT2D eigenvalue weighted by molar-refractivity contribution is 0.0306. The molecule has 1 saturated heterocycles. The molecule has 1 fully saturated rings. The highest BCUT2D eigenvalue weighted by Crippen LogP contribution is 2.20. The van der Waals surface area contributed by atoms with Gasteiger partial charge >= 0.3 is 6.09 Å². The fourth-order valence-corrected chi connectivity index (χ4v) is 2.45. The third kappa shape index (κ3) is 3.73. The van der Waals surface area contributed by atoms with Crippen molar-refractivity contribution in [1.29, 1.82) is 0 Å². The van der Waals surface area contributed by atoms with Crippen LogP contribution in [0, 0.1) is 0 Å². The zero-order valence-corrected chi connectivity index (χ0v) is 12.4. The number of carbonyl (C=O) groups excluding carboxylic acids is 1. The smallest absolute Gasteiger partial charge is 0.410 e. The normalized spacial score (nSPS) is 17.9. The van der Waals surface area contributed by atoms with Crippen LogP contribution >= 0.6 is 0 Å². The van der Waals surface area contributed by atoms with Gasteiger partial charge in [0.25, 0.3) is 0 Å². The Morgan fingerprint density at radius 2 is 2.00 bits per heavy atom. The number of likely N-dealkylation sites (N-methyl/N-ethyl adjacent to an activating group) is 1. The second-order valence-electron chi connectivity index (χ2n) is 5.16. The summed E-state index contributed by atoms with van der Waals surface area (Å²) in [5.41, 5.74) is 1.03. The van der Waals surface area contributed by atoms with E-state index in [0.29, 0.717) is 12.6 Å². The summed E-state index contributed by atoms with van der Waals surface area (Å²) >= 11 is 0. The van der Waals surface area contributed by atoms with Crippen molar-refractivity contribution in [2.75, 3.05) is 26.2 Å². The Morgan fingerprint density at radius 1 is 1.30 bits per heavy atom. The van der Waals surface area contributed by atoms with Crippen molar-refractivity contribution in [3.63, 3.8) is 0 Å². The number of ether oxygens (including phenoxy) is 1. The summed E-state index contributed by atoms with van der Waals surface area (Å²) < 4.78 is 5.38. The number of likely N-dealkylation sites (tertiary alicyclic amines) is 1. The van der Waals surface area contributed by atoms with Gasteiger partial charge in [-0.05, 0) is 25.1 Å². The van der Waals surface area contributed by atoms with Crippen molar-refractivity contribution < 1.29 is 9.53 Å². The molecule has 1 aromatic rings. The third-order valence-corrected chi connectivity index (χ3v) is 3.95. The van der Waals surface area contributed by atoms with E-state index in [1.165, 1.54) is 0 Å². The molecule has 1 amide bonds. The van der Waals surface area contributed by atoms with Gasteiger partial charge in [0.05, 0.1) is 0 Å². The van der Waals surface area contributed by atoms with Crippen LogP contribution in [0.3, 0.4) is 0 Å². The summed E-state index contributed by atoms with van der Waals surface area (Å²) in [5, 5.41) is 0. The van der Waals surface area contributed by atoms with E-state index in [0.717, 1.165) is 38.2 Å². The molecule has 0 radical (unpaired) electrons. The van der Waals surface area contributed by atoms with Crippen LogP contribution in [-0.4, -0.2) is 48.1 Å². The van der Waals surface area contributed by atoms with Crippen LogP contribution in [0.5, 0.6) is 0 Å². The van der Waals surface area contributed by atoms with E-state index in [9.17, 15) is 4.79 Å². The lowest BCUT2D eigenvalue weighted by atomic mass is 10.0. The molecule has 1 heterocycles. The van der Waals surface area contributed by atoms with Gasteiger partial charge in [0, 0.05) is 19.1 Å². The Labute approximate surface area is 121 Å². The molecule has 1 aliphatic heterocycles. The van der Waals surface area contributed by atoms with Gasteiger partial charge in [-0.25, -0.2) is 4.79 Å². The average Bonchev–Trinajstić information content (AvgIpc) is 2.46. The van der Waals surface area contributed by atoms with Gasteiger partial charge in [0.2, 0.25) is 0 Å². The molecule has 110 valence electrons. The first-order chi connectivity index (χ1) is 9.74. The fourth-order valence-electron chi connectivity index (χ4n) is 2.45. The van der Waals surface area contributed by atoms with Gasteiger partial charge in [-0.2, -0.15) is 0 Å². The number of hydrogen-bond donors (Lipinski definition) is 0. The molecule has 0 bridgehead atoms. The van der Waals surface area contributed by atoms with E-state index in [1.807, 2.05) is 35.2 Å². The summed E-state index contributed by atoms with van der Waals surface area (Å²) in [5.74, 6) is 0. The topological polar surface area (TPSA) is 32.8 Å². The number of carbonyl (C=O) groups is 1. The predicted molar refractivity (Wildman–Crippen MR) is 79.5 cm³/mol. The molecule has 1 atom stereocenters. The highest BCUT2D eigenvalue weighted by Gasteiger charge is 2.33. The molecule has 0 spiro atoms. The van der Waals surface area contributed by atoms with Crippen molar-refractivity contribution in [3.05, 3.63) is 35.9 Å². The van der Waals surface area contributed by atoms with E-state index >= 15 is 0 Å². The first-order valence-electron chi connectivity index (χ1n) is 7.44. The van der Waals surface area contributed by atoms with Crippen LogP contribution in [0.2, 0.25) is 0 Å². The van der Waals surface area contributed by atoms with Crippen LogP contribution in [0.25, 0.3) is 0 Å². The first-order valence-corrected chi connectivity index (χ1v) is 7.44. The van der Waals surface area contributed by atoms with Crippen LogP contribution in [-0.2, 0) is 11.3 Å². The maximum Gasteiger partial charge on any atom is 0.410 e. The quantitative estimate of drug-likeness (QED) is 0.801. The van der Waals surface area contributed by atoms with Gasteiger partial charge in [-0.1, -0.05) is 44.2 Å². The summed E-state index contributed by atoms with van der Waals surface area (Å²) in [6, 6.07) is 10.1. The van der Waals surface area contributed by atoms with Gasteiger partial charge in [0.15, 0.2) is 0 Å². The number of hydrogen-bond acceptors (Lipinski definition) is 3. The number of rotatable bonds is 6. The molecule has 0 saturated carbocycles. The second-order valence-corrected chi connectivity index (χ2v) is 5.16. The van der Waals surface area contributed by atoms with Crippen molar-refractivity contribution in [1.82, 2.24) is 9.80 Å². The molecule has 0 unspecified atom stereocenters. The molecule has 0 N–H and O–H groups in total. The van der Waals surface area contributed by atoms with E-state index in [-0.39, 0.29) is 6.09 Å². The largest absolute Gasteiger partial charge is 0.445 e. The van der Waals surface area contributed by atoms with Crippen molar-refractivity contribution in [3.8, 4) is 0 Å². The van der Waals surface area contributed by atoms with Crippen LogP contribution in [0.15, 0.2) is 30.3 Å². The summed E-state index contributed by atoms with van der Waals surface area (Å²) in [6.07, 6.45) is 0.897. The number of nitrogens with zero attached hydrogens (tertiary/aromatic N) is 2. The molecule has 20 heavy (non-hydrogen) atoms. The summed E-state index contributed by atoms with van der Waals surface area (Å²) in [6.45, 7) is 8.49. The molecular formula is C16H24N2O2. The van der Waals surface area contributed by atoms with Crippen LogP contribution in [0.4, 0.5) is 4.79 Å². The second kappa shape index (κ2) is 7.29. The Kier molecular flexibility index (Phi) is 5.41. The Bertz CT molecular complexity index is 418. The summed E-state index contributed by atoms with van der Waals surface area (Å²) in [4.78, 5) is 16.2. The van der Waals surface area contributed by atoms with Crippen LogP contribution in [0.1, 0.15) is 25.8 Å². The predicted octanol–water partition coefficient (Wildman–Crippen LogP) is 2.74. The lowest BCUT2D eigenvalue weighted by Gasteiger charge is -2.42. The van der Waals surface area contributed by atoms with Crippen molar-refractivity contribution in [2.24, 2.45) is 0 Å². The van der Waals surface area contributed by atoms with Gasteiger partial charge in [-0.3, -0.25) is 0 Å². The minimum Gasteiger partial charge on any atom is -0.445 e. The highest BCUT2D eigenvalue weighted by molar-refractivity contribution is 5.69. The zero-order chi connectivity index (χ0) is 14.4. The fraction of sp³-hybridized carbons (Fsp3) is 0.562. The summed E-state index contributed by atoms with van der Waals surface area (Å²) in [7, 11) is 0. The van der Waals surface area contributed by atoms with E-state index < -0.39 is 0 Å². The molecule has 4 heteroatoms. The SMILES string of the molecule is CCN(CC)C[C@@H]1CCN1C(=O)OCc1ccccc1. The lowest BCUT2D eigenvalue weighted by Crippen LogP contribution is -2.56. The van der Waals surface area contributed by atoms with Gasteiger partial charge in [-0.15, -0.1) is 0 Å². The minimum absolute atomic E-state index is 0.183. The maximum atomic E-state index is 12.1. The highest BCUT2D eigenvalue weighted by atomic mass is 16.6. The van der Waals surface area contributed by atoms with Gasteiger partial charge < -0.3 is 14.5 Å². The Morgan fingerprint density at radius 3 is 2.55 bits per heavy atom. The van der Waals surface area contributed by atoms with Gasteiger partial charge in [0.1, 0.15) is 6.61 Å². The monoisotopic (exact) mass is 276 g/mol. The standard InChI is InChI=1S/C16H24N2O2/c1-3-17(4-2)12-15-10-11-18(15)16(19)20-13-14-8-6-5-7-9-14/h5-9,15H,3-4,10-13H2,1-2H3/t15-/m0/s1. The third-order valence-electron chi connectivity index (χ3n) is 3.95. The van der Waals surface area contributed by atoms with E-state index in [2.05, 4.69) is 18.7 Å². The first kappa shape index (κ1) is 14.9. The molecule has 1 aromatic carbocycles. The van der Waals surface area contributed by atoms with E-state index in [1.54, 1.807) is 0 Å². The van der Waals surface area contributed by atoms with Crippen LogP contribution < -0.4 is 0 Å². The molecular weight excluding hydrogens is 252 g/mol. The molecule has 1 aliphatic rings. The average molecular weight is 276 g/mol. The maximum absolute atomic E-state index is 12.1. The van der Waals surface area contributed by atoms with Crippen molar-refractivity contribution >= 4 is 6.09 Å². The molecule has 4 nitrogen and oxygen atoms in total. The number of amides is 1. The number of benzene rings is 1. The zero-order valence-electron chi connectivity index (χ0n) is 12.4. The molecule has 0 aliphatic carbocycles. The van der Waals surface area contributed by atoms with E-state index in [4.69, 9.17) is 4.74 Å². The Balaban J connectivity index is 1.78. The van der Waals surface area contributed by atoms with Crippen molar-refractivity contribution in [2.45, 2.75) is 32.9 Å². The minimum atomic E-state index is -0.183.